The summed E-state index contributed by atoms with van der Waals surface area (Å²) < 4.78 is 0. The molecule has 35 valence electrons. The van der Waals surface area contributed by atoms with Gasteiger partial charge in [-0.1, -0.05) is 0 Å². The van der Waals surface area contributed by atoms with E-state index in [1.807, 2.05) is 0 Å². The largest absolute Gasteiger partial charge is 2.00 e. The molecule has 0 aliphatic rings. The Bertz CT molecular complexity index is 41.0. The van der Waals surface area contributed by atoms with Gasteiger partial charge in [0.05, 0.1) is 0 Å². The van der Waals surface area contributed by atoms with Gasteiger partial charge in [0, 0.05) is 24.0 Å². The van der Waals surface area contributed by atoms with E-state index in [2.05, 4.69) is 0 Å². The van der Waals surface area contributed by atoms with Gasteiger partial charge in [0.2, 0.25) is 0 Å². The Labute approximate surface area is 79.7 Å². The zero-order valence-electron chi connectivity index (χ0n) is 5.44. The molecule has 1 radical (unpaired) electrons. The Hall–Kier alpha value is 1.25. The van der Waals surface area contributed by atoms with Crippen LogP contribution in [-0.2, 0) is 21.9 Å². The Balaban J connectivity index is -0.00000000750. The Kier molecular flexibility index (Phi) is 24.9. The maximum atomic E-state index is 9.00. The number of carboxylic acid groups (broad SMARTS) is 1. The number of hydrogen-bond acceptors (Lipinski definition) is 1. The quantitative estimate of drug-likeness (QED) is 0.500. The fourth-order valence-electron chi connectivity index (χ4n) is 0. The normalized spacial score (nSPS) is 4.17. The number of carbonyl (C=O) groups is 1. The van der Waals surface area contributed by atoms with E-state index in [9.17, 15) is 0 Å². The molecule has 0 saturated carbocycles. The third kappa shape index (κ3) is 60.7. The van der Waals surface area contributed by atoms with Crippen LogP contribution in [0, 0.1) is 0 Å². The Morgan fingerprint density at radius 2 is 1.83 bits per heavy atom. The minimum atomic E-state index is -0.833. The van der Waals surface area contributed by atoms with Crippen molar-refractivity contribution in [1.82, 2.24) is 0 Å². The predicted molar refractivity (Wildman–Crippen MR) is 21.3 cm³/mol. The van der Waals surface area contributed by atoms with Crippen LogP contribution in [-0.4, -0.2) is 48.8 Å². The van der Waals surface area contributed by atoms with Crippen LogP contribution in [0.4, 0.5) is 0 Å². The van der Waals surface area contributed by atoms with Gasteiger partial charge in [0.1, 0.15) is 0 Å². The van der Waals surface area contributed by atoms with Crippen LogP contribution >= 0.6 is 0 Å². The van der Waals surface area contributed by atoms with Crippen molar-refractivity contribution in [2.24, 2.45) is 0 Å². The van der Waals surface area contributed by atoms with Crippen LogP contribution in [0.2, 0.25) is 0 Å². The molecule has 4 heteroatoms. The summed E-state index contributed by atoms with van der Waals surface area (Å²) in [5.74, 6) is -0.833. The van der Waals surface area contributed by atoms with Crippen molar-refractivity contribution in [2.45, 2.75) is 6.92 Å². The minimum Gasteiger partial charge on any atom is -1.00 e. The standard InChI is InChI=1S/C2H4O2.Ca.Mn.2H/c1-2(3)4;;;;/h1H3,(H,3,4);;;;/q;+2;;2*-1. The van der Waals surface area contributed by atoms with E-state index < -0.39 is 5.97 Å². The summed E-state index contributed by atoms with van der Waals surface area (Å²) in [4.78, 5) is 9.00. The fourth-order valence-corrected chi connectivity index (χ4v) is 0. The van der Waals surface area contributed by atoms with Gasteiger partial charge in [-0.15, -0.1) is 0 Å². The molecule has 0 fully saturated rings. The summed E-state index contributed by atoms with van der Waals surface area (Å²) in [5, 5.41) is 7.42. The molecule has 1 N–H and O–H groups in total. The molecule has 0 saturated heterocycles. The van der Waals surface area contributed by atoms with E-state index in [-0.39, 0.29) is 57.7 Å². The Morgan fingerprint density at radius 3 is 1.83 bits per heavy atom. The van der Waals surface area contributed by atoms with Gasteiger partial charge in [-0.05, 0) is 0 Å². The molecule has 0 amide bonds. The molecule has 0 bridgehead atoms. The molecule has 0 aromatic rings. The molecule has 0 aromatic heterocycles. The summed E-state index contributed by atoms with van der Waals surface area (Å²) in [6.07, 6.45) is 0. The molecule has 0 rings (SSSR count). The van der Waals surface area contributed by atoms with Crippen LogP contribution < -0.4 is 0 Å². The summed E-state index contributed by atoms with van der Waals surface area (Å²) in [6, 6.07) is 0. The van der Waals surface area contributed by atoms with E-state index in [0.717, 1.165) is 6.92 Å². The molecule has 0 unspecified atom stereocenters. The molecular formula is C2H6CaMnO2. The second-order valence-electron chi connectivity index (χ2n) is 0.519. The first-order chi connectivity index (χ1) is 1.73. The van der Waals surface area contributed by atoms with Gasteiger partial charge in [-0.3, -0.25) is 4.79 Å². The van der Waals surface area contributed by atoms with Crippen molar-refractivity contribution >= 4 is 43.7 Å². The van der Waals surface area contributed by atoms with E-state index >= 15 is 0 Å². The molecule has 0 atom stereocenters. The van der Waals surface area contributed by atoms with Gasteiger partial charge in [-0.25, -0.2) is 0 Å². The third-order valence-corrected chi connectivity index (χ3v) is 0. The SMILES string of the molecule is CC(=O)O.[Ca+2].[H-].[H-].[Mn]. The summed E-state index contributed by atoms with van der Waals surface area (Å²) in [6.45, 7) is 1.08. The van der Waals surface area contributed by atoms with Crippen LogP contribution in [0.5, 0.6) is 0 Å². The van der Waals surface area contributed by atoms with Crippen LogP contribution in [0.1, 0.15) is 9.78 Å². The number of aliphatic carboxylic acids is 1. The first kappa shape index (κ1) is 15.7. The summed E-state index contributed by atoms with van der Waals surface area (Å²) >= 11 is 0. The summed E-state index contributed by atoms with van der Waals surface area (Å²) in [7, 11) is 0. The average Bonchev–Trinajstić information content (AvgIpc) is 0.811. The molecular weight excluding hydrogens is 151 g/mol. The van der Waals surface area contributed by atoms with E-state index in [4.69, 9.17) is 9.90 Å². The number of carboxylic acids is 1. The molecule has 2 nitrogen and oxygen atoms in total. The van der Waals surface area contributed by atoms with Crippen molar-refractivity contribution in [1.29, 1.82) is 0 Å². The van der Waals surface area contributed by atoms with Gasteiger partial charge in [0.25, 0.3) is 5.97 Å². The maximum absolute atomic E-state index is 9.00. The van der Waals surface area contributed by atoms with Crippen LogP contribution in [0.15, 0.2) is 0 Å². The van der Waals surface area contributed by atoms with Crippen LogP contribution in [0.25, 0.3) is 0 Å². The van der Waals surface area contributed by atoms with Crippen molar-refractivity contribution in [3.05, 3.63) is 0 Å². The van der Waals surface area contributed by atoms with Crippen molar-refractivity contribution in [3.8, 4) is 0 Å². The van der Waals surface area contributed by atoms with E-state index in [1.165, 1.54) is 0 Å². The minimum absolute atomic E-state index is 0. The van der Waals surface area contributed by atoms with Crippen molar-refractivity contribution < 1.29 is 29.8 Å². The van der Waals surface area contributed by atoms with Gasteiger partial charge in [-0.2, -0.15) is 0 Å². The van der Waals surface area contributed by atoms with Crippen LogP contribution in [0.3, 0.4) is 0 Å². The first-order valence-electron chi connectivity index (χ1n) is 0.928. The molecule has 0 aliphatic carbocycles. The summed E-state index contributed by atoms with van der Waals surface area (Å²) in [5.41, 5.74) is 0. The maximum Gasteiger partial charge on any atom is 2.00 e. The Morgan fingerprint density at radius 1 is 1.83 bits per heavy atom. The molecule has 0 aliphatic heterocycles. The molecule has 0 aromatic carbocycles. The smallest absolute Gasteiger partial charge is 1.00 e. The number of rotatable bonds is 0. The second-order valence-corrected chi connectivity index (χ2v) is 0.519. The van der Waals surface area contributed by atoms with E-state index in [0.29, 0.717) is 0 Å². The molecule has 0 heterocycles. The van der Waals surface area contributed by atoms with E-state index in [1.54, 1.807) is 0 Å². The monoisotopic (exact) mass is 157 g/mol. The molecule has 6 heavy (non-hydrogen) atoms. The van der Waals surface area contributed by atoms with Gasteiger partial charge < -0.3 is 7.96 Å². The fraction of sp³-hybridized carbons (Fsp3) is 0.500. The topological polar surface area (TPSA) is 37.3 Å². The zero-order chi connectivity index (χ0) is 3.58. The second kappa shape index (κ2) is 9.54. The van der Waals surface area contributed by atoms with Crippen molar-refractivity contribution in [3.63, 3.8) is 0 Å². The average molecular weight is 157 g/mol. The molecule has 0 spiro atoms. The third-order valence-electron chi connectivity index (χ3n) is 0. The predicted octanol–water partition coefficient (Wildman–Crippen LogP) is -0.0674. The van der Waals surface area contributed by atoms with Crippen molar-refractivity contribution in [2.75, 3.05) is 0 Å². The first-order valence-corrected chi connectivity index (χ1v) is 0.928. The van der Waals surface area contributed by atoms with Gasteiger partial charge in [0.15, 0.2) is 0 Å². The van der Waals surface area contributed by atoms with Gasteiger partial charge >= 0.3 is 37.7 Å². The zero-order valence-corrected chi connectivity index (χ0v) is 6.83. The number of hydrogen-bond donors (Lipinski definition) is 1.